The van der Waals surface area contributed by atoms with Crippen LogP contribution in [0.15, 0.2) is 64.0 Å². The number of benzene rings is 1. The molecule has 0 N–H and O–H groups in total. The van der Waals surface area contributed by atoms with Crippen molar-refractivity contribution in [1.82, 2.24) is 9.88 Å². The Kier molecular flexibility index (Phi) is 6.67. The van der Waals surface area contributed by atoms with Gasteiger partial charge in [0.1, 0.15) is 17.9 Å². The van der Waals surface area contributed by atoms with Crippen molar-refractivity contribution in [2.24, 2.45) is 0 Å². The summed E-state index contributed by atoms with van der Waals surface area (Å²) >= 11 is 0. The van der Waals surface area contributed by atoms with Crippen molar-refractivity contribution < 1.29 is 13.9 Å². The second-order valence-corrected chi connectivity index (χ2v) is 7.46. The lowest BCUT2D eigenvalue weighted by molar-refractivity contribution is -0.129. The molecule has 6 heteroatoms. The molecule has 0 aliphatic heterocycles. The number of rotatable bonds is 8. The summed E-state index contributed by atoms with van der Waals surface area (Å²) in [5.74, 6) is 0.466. The second kappa shape index (κ2) is 9.39. The Balaban J connectivity index is 1.75. The highest BCUT2D eigenvalue weighted by Gasteiger charge is 2.18. The van der Waals surface area contributed by atoms with Gasteiger partial charge in [0.15, 0.2) is 0 Å². The zero-order valence-corrected chi connectivity index (χ0v) is 17.6. The summed E-state index contributed by atoms with van der Waals surface area (Å²) in [6, 6.07) is 11.1. The molecular weight excluding hydrogens is 380 g/mol. The smallest absolute Gasteiger partial charge is 0.340 e. The van der Waals surface area contributed by atoms with Crippen LogP contribution in [0.1, 0.15) is 23.7 Å². The van der Waals surface area contributed by atoms with Gasteiger partial charge in [-0.05, 0) is 49.2 Å². The fraction of sp³-hybridized carbons (Fsp3) is 0.292. The summed E-state index contributed by atoms with van der Waals surface area (Å²) in [5.41, 5.74) is 2.89. The Bertz CT molecular complexity index is 1120. The average Bonchev–Trinajstić information content (AvgIpc) is 2.73. The summed E-state index contributed by atoms with van der Waals surface area (Å²) in [5, 5.41) is 0.788. The fourth-order valence-corrected chi connectivity index (χ4v) is 3.11. The first-order valence-electron chi connectivity index (χ1n) is 9.82. The van der Waals surface area contributed by atoms with Gasteiger partial charge in [0.25, 0.3) is 0 Å². The third-order valence-electron chi connectivity index (χ3n) is 4.93. The molecular formula is C24H26N2O4. The Morgan fingerprint density at radius 1 is 1.27 bits per heavy atom. The standard InChI is InChI=1S/C24H26N2O4/c1-16(2)15-29-19-8-9-20-17(3)21(24(28)30-22(20)13-19)14-23(27)26(4)12-10-18-7-5-6-11-25-18/h5-9,11,13H,1,10,12,14-15H2,2-4H3. The van der Waals surface area contributed by atoms with Crippen LogP contribution in [0.4, 0.5) is 0 Å². The molecule has 156 valence electrons. The Morgan fingerprint density at radius 3 is 2.77 bits per heavy atom. The average molecular weight is 406 g/mol. The van der Waals surface area contributed by atoms with Gasteiger partial charge in [-0.25, -0.2) is 4.79 Å². The zero-order valence-electron chi connectivity index (χ0n) is 17.6. The number of pyridine rings is 1. The highest BCUT2D eigenvalue weighted by Crippen LogP contribution is 2.24. The van der Waals surface area contributed by atoms with Crippen LogP contribution in [0, 0.1) is 6.92 Å². The first-order valence-corrected chi connectivity index (χ1v) is 9.82. The molecule has 0 saturated heterocycles. The van der Waals surface area contributed by atoms with Crippen molar-refractivity contribution in [3.63, 3.8) is 0 Å². The monoisotopic (exact) mass is 406 g/mol. The predicted molar refractivity (Wildman–Crippen MR) is 117 cm³/mol. The number of ether oxygens (including phenoxy) is 1. The predicted octanol–water partition coefficient (Wildman–Crippen LogP) is 3.69. The summed E-state index contributed by atoms with van der Waals surface area (Å²) < 4.78 is 11.1. The van der Waals surface area contributed by atoms with Crippen LogP contribution >= 0.6 is 0 Å². The van der Waals surface area contributed by atoms with Gasteiger partial charge in [-0.3, -0.25) is 9.78 Å². The first kappa shape index (κ1) is 21.3. The topological polar surface area (TPSA) is 72.6 Å². The van der Waals surface area contributed by atoms with Crippen molar-refractivity contribution in [2.75, 3.05) is 20.2 Å². The van der Waals surface area contributed by atoms with Gasteiger partial charge in [0, 0.05) is 43.4 Å². The number of amides is 1. The lowest BCUT2D eigenvalue weighted by Crippen LogP contribution is -2.32. The van der Waals surface area contributed by atoms with Gasteiger partial charge in [-0.1, -0.05) is 12.6 Å². The number of carbonyl (C=O) groups is 1. The van der Waals surface area contributed by atoms with Crippen molar-refractivity contribution in [3.05, 3.63) is 82.0 Å². The summed E-state index contributed by atoms with van der Waals surface area (Å²) in [6.07, 6.45) is 2.38. The van der Waals surface area contributed by atoms with Crippen LogP contribution in [0.25, 0.3) is 11.0 Å². The van der Waals surface area contributed by atoms with Crippen LogP contribution in [-0.4, -0.2) is 36.0 Å². The van der Waals surface area contributed by atoms with E-state index in [-0.39, 0.29) is 12.3 Å². The normalized spacial score (nSPS) is 10.8. The molecule has 0 atom stereocenters. The highest BCUT2D eigenvalue weighted by atomic mass is 16.5. The molecule has 0 unspecified atom stereocenters. The van der Waals surface area contributed by atoms with E-state index in [1.165, 1.54) is 0 Å². The van der Waals surface area contributed by atoms with Crippen LogP contribution in [0.3, 0.4) is 0 Å². The molecule has 0 aliphatic carbocycles. The number of hydrogen-bond acceptors (Lipinski definition) is 5. The van der Waals surface area contributed by atoms with Crippen molar-refractivity contribution >= 4 is 16.9 Å². The summed E-state index contributed by atoms with van der Waals surface area (Å²) in [4.78, 5) is 31.1. The zero-order chi connectivity index (χ0) is 21.7. The van der Waals surface area contributed by atoms with E-state index in [1.54, 1.807) is 24.2 Å². The third kappa shape index (κ3) is 5.14. The molecule has 3 rings (SSSR count). The second-order valence-electron chi connectivity index (χ2n) is 7.46. The van der Waals surface area contributed by atoms with Gasteiger partial charge >= 0.3 is 5.63 Å². The van der Waals surface area contributed by atoms with Crippen molar-refractivity contribution in [2.45, 2.75) is 26.7 Å². The van der Waals surface area contributed by atoms with Crippen molar-refractivity contribution in [3.8, 4) is 5.75 Å². The number of nitrogens with zero attached hydrogens (tertiary/aromatic N) is 2. The first-order chi connectivity index (χ1) is 14.3. The number of carbonyl (C=O) groups excluding carboxylic acids is 1. The van der Waals surface area contributed by atoms with E-state index in [4.69, 9.17) is 9.15 Å². The molecule has 2 heterocycles. The minimum absolute atomic E-state index is 0.00324. The maximum absolute atomic E-state index is 12.7. The Labute approximate surface area is 175 Å². The molecule has 6 nitrogen and oxygen atoms in total. The molecule has 30 heavy (non-hydrogen) atoms. The number of aryl methyl sites for hydroxylation is 1. The molecule has 1 amide bonds. The molecule has 2 aromatic heterocycles. The van der Waals surface area contributed by atoms with E-state index in [0.29, 0.717) is 36.5 Å². The van der Waals surface area contributed by atoms with Crippen LogP contribution in [-0.2, 0) is 17.6 Å². The lowest BCUT2D eigenvalue weighted by Gasteiger charge is -2.17. The molecule has 0 fully saturated rings. The van der Waals surface area contributed by atoms with E-state index in [0.717, 1.165) is 22.2 Å². The summed E-state index contributed by atoms with van der Waals surface area (Å²) in [7, 11) is 1.73. The largest absolute Gasteiger partial charge is 0.489 e. The van der Waals surface area contributed by atoms with E-state index < -0.39 is 5.63 Å². The quantitative estimate of drug-likeness (QED) is 0.421. The molecule has 3 aromatic rings. The van der Waals surface area contributed by atoms with Gasteiger partial charge in [0.05, 0.1) is 12.0 Å². The van der Waals surface area contributed by atoms with E-state index in [1.807, 2.05) is 44.2 Å². The number of hydrogen-bond donors (Lipinski definition) is 0. The van der Waals surface area contributed by atoms with Crippen LogP contribution in [0.2, 0.25) is 0 Å². The summed E-state index contributed by atoms with van der Waals surface area (Å²) in [6.45, 7) is 8.44. The molecule has 0 saturated carbocycles. The Hall–Kier alpha value is -3.41. The number of aromatic nitrogens is 1. The molecule has 0 radical (unpaired) electrons. The van der Waals surface area contributed by atoms with E-state index >= 15 is 0 Å². The third-order valence-corrected chi connectivity index (χ3v) is 4.93. The van der Waals surface area contributed by atoms with Gasteiger partial charge in [0.2, 0.25) is 5.91 Å². The van der Waals surface area contributed by atoms with Crippen LogP contribution in [0.5, 0.6) is 5.75 Å². The maximum Gasteiger partial charge on any atom is 0.340 e. The number of likely N-dealkylation sites (N-methyl/N-ethyl adjacent to an activating group) is 1. The minimum Gasteiger partial charge on any atom is -0.489 e. The molecule has 0 bridgehead atoms. The van der Waals surface area contributed by atoms with E-state index in [2.05, 4.69) is 11.6 Å². The Morgan fingerprint density at radius 2 is 2.07 bits per heavy atom. The lowest BCUT2D eigenvalue weighted by atomic mass is 10.0. The highest BCUT2D eigenvalue weighted by molar-refractivity contribution is 5.85. The minimum atomic E-state index is -0.497. The molecule has 1 aromatic carbocycles. The van der Waals surface area contributed by atoms with Crippen LogP contribution < -0.4 is 10.4 Å². The SMILES string of the molecule is C=C(C)COc1ccc2c(C)c(CC(=O)N(C)CCc3ccccn3)c(=O)oc2c1. The molecule has 0 spiro atoms. The maximum atomic E-state index is 12.7. The number of fused-ring (bicyclic) bond motifs is 1. The fourth-order valence-electron chi connectivity index (χ4n) is 3.11. The van der Waals surface area contributed by atoms with Gasteiger partial charge < -0.3 is 14.1 Å². The van der Waals surface area contributed by atoms with Crippen molar-refractivity contribution in [1.29, 1.82) is 0 Å². The van der Waals surface area contributed by atoms with Gasteiger partial charge in [-0.15, -0.1) is 0 Å². The van der Waals surface area contributed by atoms with E-state index in [9.17, 15) is 9.59 Å². The molecule has 0 aliphatic rings. The van der Waals surface area contributed by atoms with Gasteiger partial charge in [-0.2, -0.15) is 0 Å².